The van der Waals surface area contributed by atoms with Crippen molar-refractivity contribution in [1.29, 1.82) is 0 Å². The predicted molar refractivity (Wildman–Crippen MR) is 52.5 cm³/mol. The van der Waals surface area contributed by atoms with Crippen LogP contribution in [-0.2, 0) is 12.8 Å². The second-order valence-electron chi connectivity index (χ2n) is 3.87. The van der Waals surface area contributed by atoms with Gasteiger partial charge in [0.2, 0.25) is 0 Å². The van der Waals surface area contributed by atoms with Crippen LogP contribution in [0.15, 0.2) is 24.3 Å². The van der Waals surface area contributed by atoms with Crippen LogP contribution >= 0.6 is 0 Å². The Morgan fingerprint density at radius 3 is 2.69 bits per heavy atom. The van der Waals surface area contributed by atoms with Crippen LogP contribution in [0, 0.1) is 0 Å². The van der Waals surface area contributed by atoms with E-state index < -0.39 is 5.60 Å². The summed E-state index contributed by atoms with van der Waals surface area (Å²) in [5.41, 5.74) is 7.50. The second kappa shape index (κ2) is 3.13. The molecular weight excluding hydrogens is 162 g/mol. The van der Waals surface area contributed by atoms with Crippen molar-refractivity contribution in [3.8, 4) is 0 Å². The molecule has 2 heteroatoms. The quantitative estimate of drug-likeness (QED) is 0.668. The maximum Gasteiger partial charge on any atom is 0.0812 e. The molecule has 0 saturated carbocycles. The van der Waals surface area contributed by atoms with Gasteiger partial charge in [0.05, 0.1) is 5.60 Å². The smallest absolute Gasteiger partial charge is 0.0812 e. The van der Waals surface area contributed by atoms with Crippen LogP contribution < -0.4 is 5.73 Å². The SMILES string of the molecule is NC[C@]1(O)CCc2ccccc2C1. The van der Waals surface area contributed by atoms with E-state index in [1.54, 1.807) is 0 Å². The molecule has 0 fully saturated rings. The number of fused-ring (bicyclic) bond motifs is 1. The number of rotatable bonds is 1. The molecule has 3 N–H and O–H groups in total. The van der Waals surface area contributed by atoms with Crippen LogP contribution in [0.25, 0.3) is 0 Å². The fraction of sp³-hybridized carbons (Fsp3) is 0.455. The van der Waals surface area contributed by atoms with Crippen LogP contribution in [0.1, 0.15) is 17.5 Å². The Bertz CT molecular complexity index is 311. The number of hydrogen-bond acceptors (Lipinski definition) is 2. The van der Waals surface area contributed by atoms with Gasteiger partial charge in [0.1, 0.15) is 0 Å². The maximum atomic E-state index is 10.0. The van der Waals surface area contributed by atoms with Crippen molar-refractivity contribution in [2.24, 2.45) is 5.73 Å². The summed E-state index contributed by atoms with van der Waals surface area (Å²) in [6.07, 6.45) is 2.45. The molecule has 1 aliphatic rings. The zero-order valence-electron chi connectivity index (χ0n) is 7.66. The van der Waals surface area contributed by atoms with Gasteiger partial charge in [-0.05, 0) is 24.0 Å². The molecule has 1 atom stereocenters. The third-order valence-electron chi connectivity index (χ3n) is 2.88. The van der Waals surface area contributed by atoms with Gasteiger partial charge < -0.3 is 10.8 Å². The molecule has 1 aliphatic carbocycles. The normalized spacial score (nSPS) is 26.9. The van der Waals surface area contributed by atoms with Crippen molar-refractivity contribution < 1.29 is 5.11 Å². The van der Waals surface area contributed by atoms with Gasteiger partial charge in [-0.15, -0.1) is 0 Å². The van der Waals surface area contributed by atoms with Crippen molar-refractivity contribution in [2.75, 3.05) is 6.54 Å². The second-order valence-corrected chi connectivity index (χ2v) is 3.87. The molecule has 0 amide bonds. The molecule has 0 aliphatic heterocycles. The molecule has 2 nitrogen and oxygen atoms in total. The van der Waals surface area contributed by atoms with Gasteiger partial charge in [0, 0.05) is 13.0 Å². The van der Waals surface area contributed by atoms with Gasteiger partial charge in [0.15, 0.2) is 0 Å². The molecule has 1 aromatic rings. The molecule has 0 bridgehead atoms. The summed E-state index contributed by atoms with van der Waals surface area (Å²) in [6, 6.07) is 8.27. The minimum Gasteiger partial charge on any atom is -0.388 e. The van der Waals surface area contributed by atoms with Crippen molar-refractivity contribution in [2.45, 2.75) is 24.9 Å². The van der Waals surface area contributed by atoms with Gasteiger partial charge in [-0.25, -0.2) is 0 Å². The monoisotopic (exact) mass is 177 g/mol. The topological polar surface area (TPSA) is 46.2 Å². The lowest BCUT2D eigenvalue weighted by atomic mass is 9.80. The largest absolute Gasteiger partial charge is 0.388 e. The Morgan fingerprint density at radius 1 is 1.31 bits per heavy atom. The molecule has 0 heterocycles. The van der Waals surface area contributed by atoms with Gasteiger partial charge in [-0.3, -0.25) is 0 Å². The minimum atomic E-state index is -0.658. The van der Waals surface area contributed by atoms with Crippen LogP contribution in [0.3, 0.4) is 0 Å². The highest BCUT2D eigenvalue weighted by molar-refractivity contribution is 5.31. The molecule has 0 spiro atoms. The first-order chi connectivity index (χ1) is 6.23. The van der Waals surface area contributed by atoms with Gasteiger partial charge in [0.25, 0.3) is 0 Å². The first-order valence-corrected chi connectivity index (χ1v) is 4.73. The summed E-state index contributed by atoms with van der Waals surface area (Å²) in [4.78, 5) is 0. The first-order valence-electron chi connectivity index (χ1n) is 4.73. The van der Waals surface area contributed by atoms with E-state index in [1.807, 2.05) is 12.1 Å². The van der Waals surface area contributed by atoms with Crippen LogP contribution in [0.2, 0.25) is 0 Å². The average molecular weight is 177 g/mol. The summed E-state index contributed by atoms with van der Waals surface area (Å²) in [5.74, 6) is 0. The number of benzene rings is 1. The van der Waals surface area contributed by atoms with Gasteiger partial charge in [-0.1, -0.05) is 24.3 Å². The Balaban J connectivity index is 2.29. The number of nitrogens with two attached hydrogens (primary N) is 1. The van der Waals surface area contributed by atoms with Crippen LogP contribution in [0.5, 0.6) is 0 Å². The Morgan fingerprint density at radius 2 is 2.00 bits per heavy atom. The molecule has 70 valence electrons. The van der Waals surface area contributed by atoms with Crippen molar-refractivity contribution in [1.82, 2.24) is 0 Å². The van der Waals surface area contributed by atoms with Gasteiger partial charge >= 0.3 is 0 Å². The number of aliphatic hydroxyl groups is 1. The predicted octanol–water partition coefficient (Wildman–Crippen LogP) is 0.865. The zero-order valence-corrected chi connectivity index (χ0v) is 7.66. The Labute approximate surface area is 78.4 Å². The molecule has 13 heavy (non-hydrogen) atoms. The molecular formula is C11H15NO. The van der Waals surface area contributed by atoms with E-state index in [9.17, 15) is 5.11 Å². The fourth-order valence-electron chi connectivity index (χ4n) is 1.96. The van der Waals surface area contributed by atoms with Gasteiger partial charge in [-0.2, -0.15) is 0 Å². The van der Waals surface area contributed by atoms with E-state index in [0.717, 1.165) is 12.8 Å². The standard InChI is InChI=1S/C11H15NO/c12-8-11(13)6-5-9-3-1-2-4-10(9)7-11/h1-4,13H,5-8,12H2/t11-/m0/s1. The van der Waals surface area contributed by atoms with Crippen molar-refractivity contribution in [3.63, 3.8) is 0 Å². The summed E-state index contributed by atoms with van der Waals surface area (Å²) in [7, 11) is 0. The summed E-state index contributed by atoms with van der Waals surface area (Å²) >= 11 is 0. The molecule has 0 unspecified atom stereocenters. The Hall–Kier alpha value is -0.860. The first kappa shape index (κ1) is 8.73. The highest BCUT2D eigenvalue weighted by Gasteiger charge is 2.30. The van der Waals surface area contributed by atoms with E-state index in [0.29, 0.717) is 13.0 Å². The van der Waals surface area contributed by atoms with Crippen LogP contribution in [-0.4, -0.2) is 17.3 Å². The van der Waals surface area contributed by atoms with E-state index >= 15 is 0 Å². The minimum absolute atomic E-state index is 0.362. The van der Waals surface area contributed by atoms with E-state index in [1.165, 1.54) is 11.1 Å². The lowest BCUT2D eigenvalue weighted by Gasteiger charge is -2.32. The fourth-order valence-corrected chi connectivity index (χ4v) is 1.96. The lowest BCUT2D eigenvalue weighted by molar-refractivity contribution is 0.0353. The van der Waals surface area contributed by atoms with E-state index in [2.05, 4.69) is 12.1 Å². The molecule has 0 radical (unpaired) electrons. The average Bonchev–Trinajstić information content (AvgIpc) is 2.18. The Kier molecular flexibility index (Phi) is 2.10. The van der Waals surface area contributed by atoms with E-state index in [4.69, 9.17) is 5.73 Å². The molecule has 0 aromatic heterocycles. The number of hydrogen-bond donors (Lipinski definition) is 2. The summed E-state index contributed by atoms with van der Waals surface area (Å²) in [5, 5.41) is 10.0. The molecule has 1 aromatic carbocycles. The third-order valence-corrected chi connectivity index (χ3v) is 2.88. The molecule has 2 rings (SSSR count). The van der Waals surface area contributed by atoms with Crippen molar-refractivity contribution >= 4 is 0 Å². The van der Waals surface area contributed by atoms with E-state index in [-0.39, 0.29) is 0 Å². The lowest BCUT2D eigenvalue weighted by Crippen LogP contribution is -2.42. The number of aryl methyl sites for hydroxylation is 1. The maximum absolute atomic E-state index is 10.0. The highest BCUT2D eigenvalue weighted by Crippen LogP contribution is 2.27. The highest BCUT2D eigenvalue weighted by atomic mass is 16.3. The zero-order chi connectivity index (χ0) is 9.31. The molecule has 0 saturated heterocycles. The summed E-state index contributed by atoms with van der Waals surface area (Å²) in [6.45, 7) is 0.362. The van der Waals surface area contributed by atoms with Crippen molar-refractivity contribution in [3.05, 3.63) is 35.4 Å². The summed E-state index contributed by atoms with van der Waals surface area (Å²) < 4.78 is 0. The van der Waals surface area contributed by atoms with Crippen LogP contribution in [0.4, 0.5) is 0 Å². The third kappa shape index (κ3) is 1.60.